The van der Waals surface area contributed by atoms with Gasteiger partial charge in [-0.25, -0.2) is 0 Å². The van der Waals surface area contributed by atoms with Crippen molar-refractivity contribution in [3.63, 3.8) is 0 Å². The summed E-state index contributed by atoms with van der Waals surface area (Å²) >= 11 is 1.13. The Balaban J connectivity index is 6.07. The molecular weight excluding hydrogens is 949 g/mol. The molecule has 1 atom stereocenters. The number of amides is 1. The van der Waals surface area contributed by atoms with Crippen LogP contribution in [0.3, 0.4) is 0 Å². The van der Waals surface area contributed by atoms with E-state index in [9.17, 15) is 28.8 Å². The summed E-state index contributed by atoms with van der Waals surface area (Å²) in [6.45, 7) is 29.9. The summed E-state index contributed by atoms with van der Waals surface area (Å²) in [5, 5.41) is -0.277. The number of rotatable bonds is 43. The van der Waals surface area contributed by atoms with Gasteiger partial charge >= 0.3 is 29.8 Å². The van der Waals surface area contributed by atoms with Crippen LogP contribution < -0.4 is 0 Å². The number of carbonyl (C=O) groups is 6. The maximum absolute atomic E-state index is 13.7. The monoisotopic (exact) mass is 1060 g/mol. The third-order valence-electron chi connectivity index (χ3n) is 13.4. The summed E-state index contributed by atoms with van der Waals surface area (Å²) in [4.78, 5) is 83.4. The zero-order valence-electron chi connectivity index (χ0n) is 49.4. The van der Waals surface area contributed by atoms with Gasteiger partial charge in [0.1, 0.15) is 33.0 Å². The summed E-state index contributed by atoms with van der Waals surface area (Å²) in [7, 11) is 3.93. The molecule has 0 spiro atoms. The van der Waals surface area contributed by atoms with Crippen molar-refractivity contribution in [3.8, 4) is 0 Å². The van der Waals surface area contributed by atoms with E-state index in [1.54, 1.807) is 6.92 Å². The maximum Gasteiger partial charge on any atom is 0.307 e. The molecule has 0 saturated carbocycles. The Kier molecular flexibility index (Phi) is 34.7. The second-order valence-electron chi connectivity index (χ2n) is 25.1. The molecule has 0 fully saturated rings. The third-order valence-corrected chi connectivity index (χ3v) is 14.4. The van der Waals surface area contributed by atoms with E-state index >= 15 is 0 Å². The van der Waals surface area contributed by atoms with Gasteiger partial charge in [-0.1, -0.05) is 153 Å². The van der Waals surface area contributed by atoms with Crippen molar-refractivity contribution in [1.29, 1.82) is 0 Å². The molecule has 0 aromatic carbocycles. The molecule has 1 unspecified atom stereocenters. The fourth-order valence-electron chi connectivity index (χ4n) is 8.05. The normalized spacial score (nSPS) is 13.3. The molecule has 0 bridgehead atoms. The van der Waals surface area contributed by atoms with E-state index in [2.05, 4.69) is 55.4 Å². The molecule has 0 N–H and O–H groups in total. The quantitative estimate of drug-likeness (QED) is 0.0322. The van der Waals surface area contributed by atoms with E-state index in [0.29, 0.717) is 12.4 Å². The van der Waals surface area contributed by atoms with Crippen molar-refractivity contribution < 1.29 is 57.2 Å². The number of esters is 5. The highest BCUT2D eigenvalue weighted by molar-refractivity contribution is 8.13. The number of carbonyl (C=O) groups excluding carboxylic acids is 6. The van der Waals surface area contributed by atoms with Crippen molar-refractivity contribution >= 4 is 46.8 Å². The van der Waals surface area contributed by atoms with Gasteiger partial charge in [0.05, 0.1) is 49.5 Å². The van der Waals surface area contributed by atoms with Crippen molar-refractivity contribution in [1.82, 2.24) is 9.80 Å². The van der Waals surface area contributed by atoms with Crippen molar-refractivity contribution in [2.24, 2.45) is 32.5 Å². The fourth-order valence-corrected chi connectivity index (χ4v) is 8.86. The van der Waals surface area contributed by atoms with E-state index in [4.69, 9.17) is 28.4 Å². The van der Waals surface area contributed by atoms with Gasteiger partial charge in [0, 0.05) is 25.4 Å². The number of thioether (sulfide) groups is 1. The molecule has 0 aliphatic carbocycles. The van der Waals surface area contributed by atoms with Gasteiger partial charge in [0.15, 0.2) is 0 Å². The molecule has 0 aromatic heterocycles. The van der Waals surface area contributed by atoms with E-state index in [0.717, 1.165) is 108 Å². The van der Waals surface area contributed by atoms with Crippen LogP contribution in [0.1, 0.15) is 219 Å². The van der Waals surface area contributed by atoms with Crippen LogP contribution in [-0.2, 0) is 52.4 Å². The van der Waals surface area contributed by atoms with Crippen LogP contribution in [0, 0.1) is 32.5 Å². The van der Waals surface area contributed by atoms with Gasteiger partial charge in [0.25, 0.3) is 5.24 Å². The minimum absolute atomic E-state index is 0.000337. The van der Waals surface area contributed by atoms with E-state index < -0.39 is 22.8 Å². The van der Waals surface area contributed by atoms with Crippen molar-refractivity contribution in [2.45, 2.75) is 219 Å². The molecule has 0 aliphatic rings. The highest BCUT2D eigenvalue weighted by Gasteiger charge is 2.35. The minimum Gasteiger partial charge on any atom is -0.465 e. The molecule has 0 saturated heterocycles. The first-order valence-electron chi connectivity index (χ1n) is 27.9. The number of ether oxygens (including phenoxy) is 6. The van der Waals surface area contributed by atoms with Gasteiger partial charge in [-0.2, -0.15) is 0 Å². The molecule has 15 heteroatoms. The second-order valence-corrected chi connectivity index (χ2v) is 26.1. The molecular formula is C58H108N2O12S. The second kappa shape index (κ2) is 36.2. The molecule has 0 rings (SSSR count). The third kappa shape index (κ3) is 36.7. The van der Waals surface area contributed by atoms with Crippen LogP contribution in [0.2, 0.25) is 0 Å². The minimum atomic E-state index is -1.04. The molecule has 1 amide bonds. The van der Waals surface area contributed by atoms with E-state index in [1.165, 1.54) is 4.90 Å². The van der Waals surface area contributed by atoms with Crippen LogP contribution in [0.25, 0.3) is 0 Å². The Morgan fingerprint density at radius 1 is 0.411 bits per heavy atom. The van der Waals surface area contributed by atoms with Crippen LogP contribution in [0.15, 0.2) is 0 Å². The lowest BCUT2D eigenvalue weighted by atomic mass is 9.84. The number of nitrogens with zero attached hydrogens (tertiary/aromatic N) is 2. The topological polar surface area (TPSA) is 164 Å². The first-order valence-corrected chi connectivity index (χ1v) is 28.9. The predicted octanol–water partition coefficient (Wildman–Crippen LogP) is 13.0. The Hall–Kier alpha value is -2.91. The standard InChI is InChI=1S/C58H108N2O12S/c1-17-21-28-53(5,6)32-36-67-41-57(13,43-70-49(63)38-54(7,8)29-22-18-2)42-68-47(61)26-34-60(52(66)73-37-25-33-59(15)16)35-27-48(62)69-44-58(14,45-71-50(64)39-55(9,10)30-23-19-3)46-72-51(65)40-56(11,12)31-24-20-4/h17-46H2,1-16H3. The van der Waals surface area contributed by atoms with Crippen LogP contribution in [-0.4, -0.2) is 131 Å². The first-order chi connectivity index (χ1) is 33.9. The largest absolute Gasteiger partial charge is 0.465 e. The van der Waals surface area contributed by atoms with Crippen molar-refractivity contribution in [3.05, 3.63) is 0 Å². The Morgan fingerprint density at radius 2 is 0.740 bits per heavy atom. The predicted molar refractivity (Wildman–Crippen MR) is 295 cm³/mol. The summed E-state index contributed by atoms with van der Waals surface area (Å²) in [5.41, 5.74) is -2.46. The first kappa shape index (κ1) is 70.1. The molecule has 0 radical (unpaired) electrons. The number of hydrogen-bond acceptors (Lipinski definition) is 14. The average Bonchev–Trinajstić information content (AvgIpc) is 3.30. The van der Waals surface area contributed by atoms with E-state index in [1.807, 2.05) is 53.6 Å². The Bertz CT molecular complexity index is 1560. The maximum atomic E-state index is 13.7. The fraction of sp³-hybridized carbons (Fsp3) is 0.897. The van der Waals surface area contributed by atoms with Gasteiger partial charge in [0.2, 0.25) is 0 Å². The lowest BCUT2D eigenvalue weighted by Gasteiger charge is -2.31. The van der Waals surface area contributed by atoms with Crippen molar-refractivity contribution in [2.75, 3.05) is 85.7 Å². The zero-order valence-corrected chi connectivity index (χ0v) is 50.2. The van der Waals surface area contributed by atoms with Crippen LogP contribution in [0.5, 0.6) is 0 Å². The summed E-state index contributed by atoms with van der Waals surface area (Å²) in [6.07, 6.45) is 14.1. The summed E-state index contributed by atoms with van der Waals surface area (Å²) in [5.74, 6) is -1.65. The highest BCUT2D eigenvalue weighted by Crippen LogP contribution is 2.32. The Morgan fingerprint density at radius 3 is 1.08 bits per heavy atom. The number of hydrogen-bond donors (Lipinski definition) is 0. The number of unbranched alkanes of at least 4 members (excludes halogenated alkanes) is 4. The SMILES string of the molecule is CCCCC(C)(C)CCOCC(C)(COC(=O)CCN(CCC(=O)OCC(C)(COC(=O)CC(C)(C)CCCC)COC(=O)CC(C)(C)CCCC)C(=O)SCCCN(C)C)COC(=O)CC(C)(C)CCCC. The average molecular weight is 1060 g/mol. The smallest absolute Gasteiger partial charge is 0.307 e. The highest BCUT2D eigenvalue weighted by atomic mass is 32.2. The van der Waals surface area contributed by atoms with Crippen LogP contribution in [0.4, 0.5) is 4.79 Å². The van der Waals surface area contributed by atoms with Gasteiger partial charge in [-0.3, -0.25) is 28.8 Å². The Labute approximate surface area is 449 Å². The van der Waals surface area contributed by atoms with Gasteiger partial charge in [-0.15, -0.1) is 0 Å². The van der Waals surface area contributed by atoms with Crippen LogP contribution >= 0.6 is 11.8 Å². The molecule has 0 aliphatic heterocycles. The van der Waals surface area contributed by atoms with Gasteiger partial charge in [-0.05, 0) is 87.7 Å². The van der Waals surface area contributed by atoms with E-state index in [-0.39, 0.29) is 130 Å². The molecule has 73 heavy (non-hydrogen) atoms. The summed E-state index contributed by atoms with van der Waals surface area (Å²) < 4.78 is 35.2. The molecule has 14 nitrogen and oxygen atoms in total. The lowest BCUT2D eigenvalue weighted by Crippen LogP contribution is -2.38. The molecule has 428 valence electrons. The molecule has 0 aromatic rings. The summed E-state index contributed by atoms with van der Waals surface area (Å²) in [6, 6.07) is 0. The van der Waals surface area contributed by atoms with Gasteiger partial charge < -0.3 is 38.2 Å². The molecule has 0 heterocycles. The zero-order chi connectivity index (χ0) is 55.8. The lowest BCUT2D eigenvalue weighted by molar-refractivity contribution is -0.163.